The minimum Gasteiger partial charge on any atom is -0.350 e. The Morgan fingerprint density at radius 1 is 1.00 bits per heavy atom. The highest BCUT2D eigenvalue weighted by Crippen LogP contribution is 2.56. The van der Waals surface area contributed by atoms with Gasteiger partial charge >= 0.3 is 20.5 Å². The highest BCUT2D eigenvalue weighted by molar-refractivity contribution is 7.48. The van der Waals surface area contributed by atoms with Crippen LogP contribution in [-0.4, -0.2) is 12.7 Å². The van der Waals surface area contributed by atoms with Crippen molar-refractivity contribution in [3.8, 4) is 12.0 Å². The third kappa shape index (κ3) is 7.39. The normalized spacial score (nSPS) is 12.9. The van der Waals surface area contributed by atoms with Gasteiger partial charge in [-0.25, -0.2) is 4.57 Å². The SMILES string of the molecule is CC#COP(=O)(OC(F)(F)F)OC(F)(F)F. The Bertz CT molecular complexity index is 316. The van der Waals surface area contributed by atoms with Crippen molar-refractivity contribution in [1.82, 2.24) is 0 Å². The van der Waals surface area contributed by atoms with Gasteiger partial charge in [0.05, 0.1) is 0 Å². The summed E-state index contributed by atoms with van der Waals surface area (Å²) < 4.78 is 88.9. The lowest BCUT2D eigenvalue weighted by Crippen LogP contribution is -2.18. The molecule has 0 heterocycles. The van der Waals surface area contributed by atoms with Crippen LogP contribution in [-0.2, 0) is 18.1 Å². The maximum Gasteiger partial charge on any atom is 0.552 e. The highest BCUT2D eigenvalue weighted by atomic mass is 31.2. The molecule has 0 aliphatic carbocycles. The molecule has 0 saturated heterocycles. The second-order valence-corrected chi connectivity index (χ2v) is 3.41. The van der Waals surface area contributed by atoms with Gasteiger partial charge in [-0.15, -0.1) is 26.3 Å². The summed E-state index contributed by atoms with van der Waals surface area (Å²) in [6, 6.07) is 0. The van der Waals surface area contributed by atoms with E-state index in [4.69, 9.17) is 0 Å². The number of phosphoric ester groups is 1. The Morgan fingerprint density at radius 3 is 1.62 bits per heavy atom. The molecule has 16 heavy (non-hydrogen) atoms. The van der Waals surface area contributed by atoms with E-state index in [1.165, 1.54) is 6.11 Å². The van der Waals surface area contributed by atoms with Gasteiger partial charge in [-0.05, 0) is 0 Å². The number of hydrogen-bond donors (Lipinski definition) is 0. The minimum absolute atomic E-state index is 1.02. The van der Waals surface area contributed by atoms with E-state index in [0.29, 0.717) is 0 Å². The zero-order valence-electron chi connectivity index (χ0n) is 7.35. The summed E-state index contributed by atoms with van der Waals surface area (Å²) >= 11 is 0. The molecule has 0 spiro atoms. The van der Waals surface area contributed by atoms with Crippen LogP contribution in [0, 0.1) is 12.0 Å². The third-order valence-corrected chi connectivity index (χ3v) is 1.87. The van der Waals surface area contributed by atoms with Crippen molar-refractivity contribution in [3.63, 3.8) is 0 Å². The van der Waals surface area contributed by atoms with Crippen molar-refractivity contribution in [2.45, 2.75) is 19.6 Å². The van der Waals surface area contributed by atoms with Crippen molar-refractivity contribution < 1.29 is 44.5 Å². The number of phosphoric acid groups is 1. The van der Waals surface area contributed by atoms with Crippen molar-refractivity contribution in [1.29, 1.82) is 0 Å². The molecule has 0 atom stereocenters. The van der Waals surface area contributed by atoms with Gasteiger partial charge in [0.25, 0.3) is 0 Å². The molecule has 0 aromatic rings. The fourth-order valence-electron chi connectivity index (χ4n) is 0.411. The molecule has 0 saturated carbocycles. The third-order valence-electron chi connectivity index (χ3n) is 0.690. The van der Waals surface area contributed by atoms with E-state index in [1.54, 1.807) is 5.92 Å². The van der Waals surface area contributed by atoms with Crippen molar-refractivity contribution in [2.24, 2.45) is 0 Å². The van der Waals surface area contributed by atoms with Gasteiger partial charge in [0.15, 0.2) is 0 Å². The van der Waals surface area contributed by atoms with Crippen LogP contribution in [0.25, 0.3) is 0 Å². The lowest BCUT2D eigenvalue weighted by molar-refractivity contribution is -0.313. The monoisotopic (exact) mass is 272 g/mol. The van der Waals surface area contributed by atoms with E-state index in [9.17, 15) is 30.9 Å². The topological polar surface area (TPSA) is 44.8 Å². The first kappa shape index (κ1) is 15.1. The average molecular weight is 272 g/mol. The molecule has 0 aliphatic rings. The summed E-state index contributed by atoms with van der Waals surface area (Å²) in [6.07, 6.45) is -9.99. The Kier molecular flexibility index (Phi) is 4.67. The highest BCUT2D eigenvalue weighted by Gasteiger charge is 2.51. The second kappa shape index (κ2) is 4.95. The summed E-state index contributed by atoms with van der Waals surface area (Å²) in [4.78, 5) is 0. The van der Waals surface area contributed by atoms with E-state index in [2.05, 4.69) is 13.6 Å². The predicted molar refractivity (Wildman–Crippen MR) is 36.4 cm³/mol. The maximum absolute atomic E-state index is 11.6. The van der Waals surface area contributed by atoms with Crippen LogP contribution in [0.2, 0.25) is 0 Å². The van der Waals surface area contributed by atoms with E-state index in [0.717, 1.165) is 6.92 Å². The number of alkyl halides is 6. The Morgan fingerprint density at radius 2 is 1.38 bits per heavy atom. The summed E-state index contributed by atoms with van der Waals surface area (Å²) in [5, 5.41) is 0. The molecule has 94 valence electrons. The summed E-state index contributed by atoms with van der Waals surface area (Å²) in [5.41, 5.74) is 0. The summed E-state index contributed by atoms with van der Waals surface area (Å²) in [6.45, 7) is 1.02. The molecule has 11 heteroatoms. The van der Waals surface area contributed by atoms with Gasteiger partial charge in [0.1, 0.15) is 6.11 Å². The molecule has 0 aromatic carbocycles. The fourth-order valence-corrected chi connectivity index (χ4v) is 1.23. The maximum atomic E-state index is 11.6. The van der Waals surface area contributed by atoms with Gasteiger partial charge in [-0.1, -0.05) is 5.92 Å². The second-order valence-electron chi connectivity index (χ2n) is 1.96. The first-order valence-corrected chi connectivity index (χ1v) is 4.69. The summed E-state index contributed by atoms with van der Waals surface area (Å²) in [5.74, 6) is 1.76. The molecule has 0 rings (SSSR count). The standard InChI is InChI=1S/C5H3F6O4P/c1-2-3-13-16(12,14-4(6,7)8)15-5(9,10)11/h1H3. The Hall–Kier alpha value is -0.910. The quantitative estimate of drug-likeness (QED) is 0.449. The zero-order valence-corrected chi connectivity index (χ0v) is 8.24. The van der Waals surface area contributed by atoms with Gasteiger partial charge in [-0.2, -0.15) is 9.05 Å². The lowest BCUT2D eigenvalue weighted by Gasteiger charge is -2.16. The molecular weight excluding hydrogens is 269 g/mol. The molecule has 0 aliphatic heterocycles. The zero-order chi connectivity index (χ0) is 13.0. The molecular formula is C5H3F6O4P. The van der Waals surface area contributed by atoms with E-state index < -0.39 is 20.5 Å². The fraction of sp³-hybridized carbons (Fsp3) is 0.600. The van der Waals surface area contributed by atoms with Gasteiger partial charge in [0, 0.05) is 6.92 Å². The van der Waals surface area contributed by atoms with E-state index in [-0.39, 0.29) is 0 Å². The smallest absolute Gasteiger partial charge is 0.350 e. The molecule has 0 radical (unpaired) electrons. The van der Waals surface area contributed by atoms with Crippen LogP contribution in [0.15, 0.2) is 0 Å². The minimum atomic E-state index is -5.90. The van der Waals surface area contributed by atoms with Crippen LogP contribution in [0.5, 0.6) is 0 Å². The van der Waals surface area contributed by atoms with Crippen molar-refractivity contribution in [3.05, 3.63) is 0 Å². The van der Waals surface area contributed by atoms with Gasteiger partial charge < -0.3 is 4.52 Å². The van der Waals surface area contributed by atoms with Crippen LogP contribution >= 0.6 is 7.82 Å². The van der Waals surface area contributed by atoms with Crippen LogP contribution in [0.4, 0.5) is 26.3 Å². The van der Waals surface area contributed by atoms with Crippen molar-refractivity contribution >= 4 is 7.82 Å². The molecule has 0 fully saturated rings. The predicted octanol–water partition coefficient (Wildman–Crippen LogP) is 3.16. The van der Waals surface area contributed by atoms with E-state index >= 15 is 0 Å². The molecule has 0 unspecified atom stereocenters. The Balaban J connectivity index is 4.87. The molecule has 0 amide bonds. The lowest BCUT2D eigenvalue weighted by atomic mass is 10.8. The Labute approximate surface area is 85.1 Å². The molecule has 0 N–H and O–H groups in total. The number of rotatable bonds is 3. The van der Waals surface area contributed by atoms with E-state index in [1.807, 2.05) is 0 Å². The largest absolute Gasteiger partial charge is 0.552 e. The number of halogens is 6. The van der Waals surface area contributed by atoms with Crippen LogP contribution < -0.4 is 0 Å². The van der Waals surface area contributed by atoms with Crippen molar-refractivity contribution in [2.75, 3.05) is 0 Å². The summed E-state index contributed by atoms with van der Waals surface area (Å²) in [7, 11) is -5.90. The molecule has 0 bridgehead atoms. The number of hydrogen-bond acceptors (Lipinski definition) is 4. The van der Waals surface area contributed by atoms with Gasteiger partial charge in [-0.3, -0.25) is 0 Å². The average Bonchev–Trinajstić information content (AvgIpc) is 1.93. The molecule has 0 aromatic heterocycles. The first-order chi connectivity index (χ1) is 6.97. The molecule has 4 nitrogen and oxygen atoms in total. The van der Waals surface area contributed by atoms with Gasteiger partial charge in [0.2, 0.25) is 0 Å². The van der Waals surface area contributed by atoms with Crippen LogP contribution in [0.3, 0.4) is 0 Å². The van der Waals surface area contributed by atoms with Crippen LogP contribution in [0.1, 0.15) is 6.92 Å². The first-order valence-electron chi connectivity index (χ1n) is 3.23.